The summed E-state index contributed by atoms with van der Waals surface area (Å²) in [6.45, 7) is 4.08. The predicted octanol–water partition coefficient (Wildman–Crippen LogP) is 1.68. The van der Waals surface area contributed by atoms with Crippen LogP contribution in [0.3, 0.4) is 0 Å². The molecule has 1 rings (SSSR count). The van der Waals surface area contributed by atoms with Crippen LogP contribution in [0.2, 0.25) is 0 Å². The van der Waals surface area contributed by atoms with Gasteiger partial charge in [-0.05, 0) is 48.0 Å². The molecule has 0 heterocycles. The van der Waals surface area contributed by atoms with Gasteiger partial charge in [0.2, 0.25) is 5.91 Å². The second-order valence-corrected chi connectivity index (χ2v) is 5.32. The van der Waals surface area contributed by atoms with Gasteiger partial charge in [0, 0.05) is 34.7 Å². The third-order valence-electron chi connectivity index (χ3n) is 2.35. The summed E-state index contributed by atoms with van der Waals surface area (Å²) in [6, 6.07) is 5.09. The molecule has 0 spiro atoms. The maximum atomic E-state index is 11.8. The van der Waals surface area contributed by atoms with Crippen LogP contribution in [0.5, 0.6) is 0 Å². The molecule has 6 heteroatoms. The number of carbonyl (C=O) groups excluding carboxylic acids is 2. The van der Waals surface area contributed by atoms with Crippen LogP contribution in [0, 0.1) is 0 Å². The lowest BCUT2D eigenvalue weighted by molar-refractivity contribution is -0.121. The fraction of sp³-hybridized carbons (Fsp3) is 0.385. The standard InChI is InChI=1S/C13H18BrN3O2/c1-8(2)17-12(18)5-6-16-13(19)9-3-4-10(14)11(15)7-9/h3-4,7-8H,5-6,15H2,1-2H3,(H,16,19)(H,17,18). The quantitative estimate of drug-likeness (QED) is 0.719. The Kier molecular flexibility index (Phi) is 5.82. The van der Waals surface area contributed by atoms with Crippen molar-refractivity contribution in [2.45, 2.75) is 26.3 Å². The molecule has 5 nitrogen and oxygen atoms in total. The Morgan fingerprint density at radius 1 is 1.37 bits per heavy atom. The van der Waals surface area contributed by atoms with E-state index in [1.165, 1.54) is 0 Å². The van der Waals surface area contributed by atoms with Crippen LogP contribution in [0.1, 0.15) is 30.6 Å². The third-order valence-corrected chi connectivity index (χ3v) is 3.07. The summed E-state index contributed by atoms with van der Waals surface area (Å²) in [7, 11) is 0. The van der Waals surface area contributed by atoms with E-state index < -0.39 is 0 Å². The number of halogens is 1. The van der Waals surface area contributed by atoms with E-state index in [-0.39, 0.29) is 24.3 Å². The average Bonchev–Trinajstić information content (AvgIpc) is 2.31. The van der Waals surface area contributed by atoms with Crippen LogP contribution in [0.15, 0.2) is 22.7 Å². The Hall–Kier alpha value is -1.56. The fourth-order valence-electron chi connectivity index (χ4n) is 1.47. The molecule has 0 aromatic heterocycles. The van der Waals surface area contributed by atoms with Crippen molar-refractivity contribution in [2.24, 2.45) is 0 Å². The molecule has 104 valence electrons. The Morgan fingerprint density at radius 3 is 2.63 bits per heavy atom. The van der Waals surface area contributed by atoms with Gasteiger partial charge in [0.15, 0.2) is 0 Å². The lowest BCUT2D eigenvalue weighted by Gasteiger charge is -2.09. The number of nitrogens with two attached hydrogens (primary N) is 1. The van der Waals surface area contributed by atoms with E-state index in [2.05, 4.69) is 26.6 Å². The molecule has 0 bridgehead atoms. The highest BCUT2D eigenvalue weighted by Gasteiger charge is 2.08. The van der Waals surface area contributed by atoms with E-state index in [1.807, 2.05) is 13.8 Å². The van der Waals surface area contributed by atoms with Crippen molar-refractivity contribution in [3.8, 4) is 0 Å². The number of hydrogen-bond acceptors (Lipinski definition) is 3. The topological polar surface area (TPSA) is 84.2 Å². The van der Waals surface area contributed by atoms with Crippen molar-refractivity contribution in [3.05, 3.63) is 28.2 Å². The van der Waals surface area contributed by atoms with Gasteiger partial charge in [0.25, 0.3) is 5.91 Å². The first-order chi connectivity index (χ1) is 8.90. The minimum atomic E-state index is -0.239. The summed E-state index contributed by atoms with van der Waals surface area (Å²) < 4.78 is 0.750. The lowest BCUT2D eigenvalue weighted by Crippen LogP contribution is -2.34. The molecule has 4 N–H and O–H groups in total. The van der Waals surface area contributed by atoms with Gasteiger partial charge in [0.05, 0.1) is 0 Å². The van der Waals surface area contributed by atoms with Crippen molar-refractivity contribution in [1.82, 2.24) is 10.6 Å². The van der Waals surface area contributed by atoms with Crippen LogP contribution < -0.4 is 16.4 Å². The molecule has 0 radical (unpaired) electrons. The van der Waals surface area contributed by atoms with E-state index in [4.69, 9.17) is 5.73 Å². The van der Waals surface area contributed by atoms with Gasteiger partial charge in [-0.15, -0.1) is 0 Å². The maximum absolute atomic E-state index is 11.8. The predicted molar refractivity (Wildman–Crippen MR) is 78.8 cm³/mol. The molecule has 0 saturated heterocycles. The normalized spacial score (nSPS) is 10.3. The van der Waals surface area contributed by atoms with E-state index in [1.54, 1.807) is 18.2 Å². The summed E-state index contributed by atoms with van der Waals surface area (Å²) in [6.07, 6.45) is 0.260. The van der Waals surface area contributed by atoms with Crippen LogP contribution in [-0.2, 0) is 4.79 Å². The number of nitrogens with one attached hydrogen (secondary N) is 2. The van der Waals surface area contributed by atoms with Crippen LogP contribution in [-0.4, -0.2) is 24.4 Å². The monoisotopic (exact) mass is 327 g/mol. The van der Waals surface area contributed by atoms with Gasteiger partial charge in [-0.1, -0.05) is 0 Å². The van der Waals surface area contributed by atoms with Crippen molar-refractivity contribution >= 4 is 33.4 Å². The van der Waals surface area contributed by atoms with Gasteiger partial charge in [-0.25, -0.2) is 0 Å². The van der Waals surface area contributed by atoms with Crippen molar-refractivity contribution in [2.75, 3.05) is 12.3 Å². The van der Waals surface area contributed by atoms with Crippen LogP contribution >= 0.6 is 15.9 Å². The third kappa shape index (κ3) is 5.30. The zero-order valence-corrected chi connectivity index (χ0v) is 12.6. The largest absolute Gasteiger partial charge is 0.398 e. The molecule has 1 aromatic carbocycles. The van der Waals surface area contributed by atoms with Gasteiger partial charge in [-0.2, -0.15) is 0 Å². The highest BCUT2D eigenvalue weighted by molar-refractivity contribution is 9.10. The van der Waals surface area contributed by atoms with Gasteiger partial charge in [-0.3, -0.25) is 9.59 Å². The number of amides is 2. The molecular weight excluding hydrogens is 310 g/mol. The number of anilines is 1. The highest BCUT2D eigenvalue weighted by atomic mass is 79.9. The Bertz CT molecular complexity index is 475. The second kappa shape index (κ2) is 7.13. The zero-order valence-electron chi connectivity index (χ0n) is 11.0. The highest BCUT2D eigenvalue weighted by Crippen LogP contribution is 2.19. The molecule has 0 unspecified atom stereocenters. The van der Waals surface area contributed by atoms with Crippen molar-refractivity contribution in [1.29, 1.82) is 0 Å². The van der Waals surface area contributed by atoms with Crippen LogP contribution in [0.25, 0.3) is 0 Å². The first kappa shape index (κ1) is 15.5. The molecule has 0 saturated carbocycles. The van der Waals surface area contributed by atoms with E-state index in [0.717, 1.165) is 4.47 Å². The average molecular weight is 328 g/mol. The lowest BCUT2D eigenvalue weighted by atomic mass is 10.2. The number of benzene rings is 1. The summed E-state index contributed by atoms with van der Waals surface area (Å²) in [5, 5.41) is 5.44. The first-order valence-corrected chi connectivity index (χ1v) is 6.82. The molecule has 0 fully saturated rings. The minimum Gasteiger partial charge on any atom is -0.398 e. The summed E-state index contributed by atoms with van der Waals surface area (Å²) >= 11 is 3.26. The Balaban J connectivity index is 2.43. The number of hydrogen-bond donors (Lipinski definition) is 3. The van der Waals surface area contributed by atoms with Gasteiger partial charge < -0.3 is 16.4 Å². The summed E-state index contributed by atoms with van der Waals surface area (Å²) in [5.41, 5.74) is 6.68. The second-order valence-electron chi connectivity index (χ2n) is 4.46. The number of nitrogen functional groups attached to an aromatic ring is 1. The molecule has 0 aliphatic heterocycles. The molecule has 1 aromatic rings. The molecular formula is C13H18BrN3O2. The Morgan fingerprint density at radius 2 is 2.05 bits per heavy atom. The van der Waals surface area contributed by atoms with E-state index >= 15 is 0 Å². The molecule has 19 heavy (non-hydrogen) atoms. The minimum absolute atomic E-state index is 0.0781. The van der Waals surface area contributed by atoms with Crippen molar-refractivity contribution in [3.63, 3.8) is 0 Å². The SMILES string of the molecule is CC(C)NC(=O)CCNC(=O)c1ccc(Br)c(N)c1. The van der Waals surface area contributed by atoms with Gasteiger partial charge in [0.1, 0.15) is 0 Å². The van der Waals surface area contributed by atoms with E-state index in [0.29, 0.717) is 17.8 Å². The van der Waals surface area contributed by atoms with E-state index in [9.17, 15) is 9.59 Å². The Labute approximate surface area is 121 Å². The maximum Gasteiger partial charge on any atom is 0.251 e. The summed E-state index contributed by atoms with van der Waals surface area (Å²) in [4.78, 5) is 23.2. The first-order valence-electron chi connectivity index (χ1n) is 6.02. The fourth-order valence-corrected chi connectivity index (χ4v) is 1.72. The van der Waals surface area contributed by atoms with Crippen molar-refractivity contribution < 1.29 is 9.59 Å². The number of rotatable bonds is 5. The smallest absolute Gasteiger partial charge is 0.251 e. The number of carbonyl (C=O) groups is 2. The van der Waals surface area contributed by atoms with Gasteiger partial charge >= 0.3 is 0 Å². The van der Waals surface area contributed by atoms with Crippen LogP contribution in [0.4, 0.5) is 5.69 Å². The molecule has 2 amide bonds. The molecule has 0 atom stereocenters. The summed E-state index contributed by atoms with van der Waals surface area (Å²) in [5.74, 6) is -0.317. The molecule has 0 aliphatic carbocycles. The zero-order chi connectivity index (χ0) is 14.4. The molecule has 0 aliphatic rings.